The first-order chi connectivity index (χ1) is 9.58. The molecule has 0 fully saturated rings. The van der Waals surface area contributed by atoms with Crippen LogP contribution in [-0.4, -0.2) is 11.9 Å². The number of aliphatic hydroxyl groups excluding tert-OH is 1. The largest absolute Gasteiger partial charge is 0.454 e. The van der Waals surface area contributed by atoms with Crippen molar-refractivity contribution < 1.29 is 14.6 Å². The van der Waals surface area contributed by atoms with Crippen LogP contribution in [0.25, 0.3) is 0 Å². The van der Waals surface area contributed by atoms with Crippen LogP contribution < -0.4 is 9.47 Å². The third-order valence-electron chi connectivity index (χ3n) is 3.71. The van der Waals surface area contributed by atoms with Gasteiger partial charge in [-0.15, -0.1) is 0 Å². The zero-order valence-corrected chi connectivity index (χ0v) is 12.1. The second-order valence-electron chi connectivity index (χ2n) is 4.93. The predicted octanol–water partition coefficient (Wildman–Crippen LogP) is 3.77. The lowest BCUT2D eigenvalue weighted by atomic mass is 9.94. The molecule has 1 aliphatic heterocycles. The van der Waals surface area contributed by atoms with Crippen LogP contribution in [0.3, 0.4) is 0 Å². The monoisotopic (exact) mass is 290 g/mol. The smallest absolute Gasteiger partial charge is 0.231 e. The molecule has 1 N–H and O–H groups in total. The Morgan fingerprint density at radius 3 is 2.80 bits per heavy atom. The lowest BCUT2D eigenvalue weighted by Crippen LogP contribution is -2.03. The molecule has 4 heteroatoms. The van der Waals surface area contributed by atoms with E-state index in [9.17, 15) is 5.11 Å². The molecule has 3 rings (SSSR count). The number of aryl methyl sites for hydroxylation is 1. The summed E-state index contributed by atoms with van der Waals surface area (Å²) in [6.07, 6.45) is -0.734. The molecule has 1 unspecified atom stereocenters. The number of hydrogen-bond acceptors (Lipinski definition) is 3. The first-order valence-electron chi connectivity index (χ1n) is 6.41. The average molecular weight is 291 g/mol. The maximum atomic E-state index is 10.6. The van der Waals surface area contributed by atoms with Crippen LogP contribution in [0.5, 0.6) is 11.5 Å². The molecule has 2 aromatic carbocycles. The summed E-state index contributed by atoms with van der Waals surface area (Å²) in [7, 11) is 0. The molecule has 0 radical (unpaired) electrons. The Hall–Kier alpha value is -1.71. The fraction of sp³-hybridized carbons (Fsp3) is 0.250. The average Bonchev–Trinajstić information content (AvgIpc) is 2.90. The van der Waals surface area contributed by atoms with Crippen LogP contribution in [0, 0.1) is 13.8 Å². The van der Waals surface area contributed by atoms with Crippen molar-refractivity contribution in [3.05, 3.63) is 57.6 Å². The molecule has 3 nitrogen and oxygen atoms in total. The number of hydrogen-bond donors (Lipinski definition) is 1. The SMILES string of the molecule is Cc1cccc(C(O)c2cc(Cl)c3c(c2)OCO3)c1C. The van der Waals surface area contributed by atoms with Gasteiger partial charge in [0.25, 0.3) is 0 Å². The summed E-state index contributed by atoms with van der Waals surface area (Å²) in [5.41, 5.74) is 3.80. The topological polar surface area (TPSA) is 38.7 Å². The molecule has 1 atom stereocenters. The van der Waals surface area contributed by atoms with Crippen molar-refractivity contribution in [2.24, 2.45) is 0 Å². The molecule has 104 valence electrons. The molecule has 0 saturated heterocycles. The predicted molar refractivity (Wildman–Crippen MR) is 77.6 cm³/mol. The Bertz CT molecular complexity index is 667. The molecular formula is C16H15ClO3. The molecule has 0 saturated carbocycles. The second kappa shape index (κ2) is 5.00. The fourth-order valence-electron chi connectivity index (χ4n) is 2.39. The van der Waals surface area contributed by atoms with Crippen LogP contribution >= 0.6 is 11.6 Å². The zero-order chi connectivity index (χ0) is 14.3. The van der Waals surface area contributed by atoms with Crippen LogP contribution in [0.15, 0.2) is 30.3 Å². The van der Waals surface area contributed by atoms with E-state index in [0.29, 0.717) is 22.1 Å². The molecule has 2 aromatic rings. The summed E-state index contributed by atoms with van der Waals surface area (Å²) >= 11 is 6.16. The van der Waals surface area contributed by atoms with E-state index in [4.69, 9.17) is 21.1 Å². The summed E-state index contributed by atoms with van der Waals surface area (Å²) < 4.78 is 10.6. The van der Waals surface area contributed by atoms with E-state index in [1.54, 1.807) is 12.1 Å². The molecule has 0 aliphatic carbocycles. The van der Waals surface area contributed by atoms with Gasteiger partial charge < -0.3 is 14.6 Å². The highest BCUT2D eigenvalue weighted by Crippen LogP contribution is 2.42. The normalized spacial score (nSPS) is 14.4. The van der Waals surface area contributed by atoms with Crippen LogP contribution in [0.2, 0.25) is 5.02 Å². The maximum absolute atomic E-state index is 10.6. The van der Waals surface area contributed by atoms with E-state index in [-0.39, 0.29) is 6.79 Å². The Morgan fingerprint density at radius 1 is 1.20 bits per heavy atom. The van der Waals surface area contributed by atoms with Gasteiger partial charge in [0.1, 0.15) is 6.10 Å². The molecule has 0 aromatic heterocycles. The van der Waals surface area contributed by atoms with E-state index in [1.165, 1.54) is 0 Å². The van der Waals surface area contributed by atoms with Crippen LogP contribution in [0.1, 0.15) is 28.4 Å². The summed E-state index contributed by atoms with van der Waals surface area (Å²) in [4.78, 5) is 0. The van der Waals surface area contributed by atoms with Gasteiger partial charge in [0, 0.05) is 0 Å². The third kappa shape index (κ3) is 2.13. The van der Waals surface area contributed by atoms with Gasteiger partial charge in [0.2, 0.25) is 6.79 Å². The van der Waals surface area contributed by atoms with Crippen molar-refractivity contribution in [2.75, 3.05) is 6.79 Å². The molecule has 1 heterocycles. The third-order valence-corrected chi connectivity index (χ3v) is 3.99. The molecular weight excluding hydrogens is 276 g/mol. The zero-order valence-electron chi connectivity index (χ0n) is 11.3. The highest BCUT2D eigenvalue weighted by atomic mass is 35.5. The Balaban J connectivity index is 2.05. The molecule has 1 aliphatic rings. The number of rotatable bonds is 2. The van der Waals surface area contributed by atoms with E-state index in [1.807, 2.05) is 32.0 Å². The van der Waals surface area contributed by atoms with Gasteiger partial charge in [0.05, 0.1) is 5.02 Å². The standard InChI is InChI=1S/C16H15ClO3/c1-9-4-3-5-12(10(9)2)15(18)11-6-13(17)16-14(7-11)19-8-20-16/h3-7,15,18H,8H2,1-2H3. The Morgan fingerprint density at radius 2 is 2.00 bits per heavy atom. The lowest BCUT2D eigenvalue weighted by Gasteiger charge is -2.16. The minimum absolute atomic E-state index is 0.165. The molecule has 0 amide bonds. The summed E-state index contributed by atoms with van der Waals surface area (Å²) in [6, 6.07) is 9.39. The van der Waals surface area contributed by atoms with E-state index in [0.717, 1.165) is 16.7 Å². The van der Waals surface area contributed by atoms with Crippen molar-refractivity contribution in [1.29, 1.82) is 0 Å². The fourth-order valence-corrected chi connectivity index (χ4v) is 2.67. The van der Waals surface area contributed by atoms with Crippen molar-refractivity contribution in [1.82, 2.24) is 0 Å². The van der Waals surface area contributed by atoms with Crippen molar-refractivity contribution in [3.63, 3.8) is 0 Å². The van der Waals surface area contributed by atoms with E-state index >= 15 is 0 Å². The molecule has 0 bridgehead atoms. The highest BCUT2D eigenvalue weighted by molar-refractivity contribution is 6.32. The van der Waals surface area contributed by atoms with Gasteiger partial charge in [-0.25, -0.2) is 0 Å². The summed E-state index contributed by atoms with van der Waals surface area (Å²) in [5.74, 6) is 1.13. The van der Waals surface area contributed by atoms with Crippen molar-refractivity contribution in [2.45, 2.75) is 20.0 Å². The van der Waals surface area contributed by atoms with Gasteiger partial charge in [-0.2, -0.15) is 0 Å². The van der Waals surface area contributed by atoms with E-state index < -0.39 is 6.10 Å². The van der Waals surface area contributed by atoms with E-state index in [2.05, 4.69) is 0 Å². The van der Waals surface area contributed by atoms with Gasteiger partial charge in [0.15, 0.2) is 11.5 Å². The van der Waals surface area contributed by atoms with Gasteiger partial charge in [-0.1, -0.05) is 29.8 Å². The molecule has 20 heavy (non-hydrogen) atoms. The van der Waals surface area contributed by atoms with Crippen LogP contribution in [0.4, 0.5) is 0 Å². The quantitative estimate of drug-likeness (QED) is 0.915. The van der Waals surface area contributed by atoms with Crippen molar-refractivity contribution >= 4 is 11.6 Å². The highest BCUT2D eigenvalue weighted by Gasteiger charge is 2.22. The van der Waals surface area contributed by atoms with Gasteiger partial charge in [-0.3, -0.25) is 0 Å². The van der Waals surface area contributed by atoms with Crippen LogP contribution in [-0.2, 0) is 0 Å². The minimum atomic E-state index is -0.734. The van der Waals surface area contributed by atoms with Gasteiger partial charge >= 0.3 is 0 Å². The first-order valence-corrected chi connectivity index (χ1v) is 6.79. The number of ether oxygens (including phenoxy) is 2. The maximum Gasteiger partial charge on any atom is 0.231 e. The number of fused-ring (bicyclic) bond motifs is 1. The Labute approximate surface area is 122 Å². The summed E-state index contributed by atoms with van der Waals surface area (Å²) in [5, 5.41) is 11.1. The molecule has 0 spiro atoms. The second-order valence-corrected chi connectivity index (χ2v) is 5.34. The van der Waals surface area contributed by atoms with Crippen molar-refractivity contribution in [3.8, 4) is 11.5 Å². The number of halogens is 1. The summed E-state index contributed by atoms with van der Waals surface area (Å²) in [6.45, 7) is 4.19. The lowest BCUT2D eigenvalue weighted by molar-refractivity contribution is 0.173. The number of benzene rings is 2. The van der Waals surface area contributed by atoms with Gasteiger partial charge in [-0.05, 0) is 48.2 Å². The first kappa shape index (κ1) is 13.3. The minimum Gasteiger partial charge on any atom is -0.454 e. The Kier molecular flexibility index (Phi) is 3.32. The number of aliphatic hydroxyl groups is 1.